The van der Waals surface area contributed by atoms with Crippen LogP contribution in [0, 0.1) is 7.14 Å². The largest absolute Gasteiger partial charge is 0.461 e. The predicted molar refractivity (Wildman–Crippen MR) is 81.2 cm³/mol. The molecule has 2 rings (SSSR count). The number of rotatable bonds is 6. The Morgan fingerprint density at radius 1 is 0.739 bits per heavy atom. The molecule has 0 aromatic heterocycles. The van der Waals surface area contributed by atoms with Gasteiger partial charge >= 0.3 is 33.1 Å². The van der Waals surface area contributed by atoms with E-state index in [4.69, 9.17) is 9.47 Å². The highest BCUT2D eigenvalue weighted by Crippen LogP contribution is 2.02. The van der Waals surface area contributed by atoms with Crippen LogP contribution in [0.4, 0.5) is 0 Å². The van der Waals surface area contributed by atoms with Crippen molar-refractivity contribution in [2.45, 2.75) is 27.1 Å². The van der Waals surface area contributed by atoms with Crippen LogP contribution >= 0.6 is 0 Å². The van der Waals surface area contributed by atoms with E-state index in [1.807, 2.05) is 24.3 Å². The highest BCUT2D eigenvalue weighted by molar-refractivity contribution is 5.66. The van der Waals surface area contributed by atoms with Crippen molar-refractivity contribution < 1.29 is 40.3 Å². The van der Waals surface area contributed by atoms with Gasteiger partial charge in [0.05, 0.1) is 0 Å². The maximum Gasteiger partial charge on any atom is 0.357 e. The first kappa shape index (κ1) is 17.5. The molecule has 0 heterocycles. The number of benzene rings is 2. The lowest BCUT2D eigenvalue weighted by atomic mass is 10.2. The zero-order valence-electron chi connectivity index (χ0n) is 13.0. The zero-order chi connectivity index (χ0) is 16.7. The van der Waals surface area contributed by atoms with Gasteiger partial charge < -0.3 is 9.47 Å². The van der Waals surface area contributed by atoms with E-state index in [1.54, 1.807) is 0 Å². The van der Waals surface area contributed by atoms with Gasteiger partial charge in [-0.25, -0.2) is 0 Å². The molecular formula is C18H18IO4+. The van der Waals surface area contributed by atoms with Crippen molar-refractivity contribution in [1.29, 1.82) is 0 Å². The van der Waals surface area contributed by atoms with E-state index in [0.29, 0.717) is 13.2 Å². The number of esters is 2. The highest BCUT2D eigenvalue weighted by Gasteiger charge is 2.15. The summed E-state index contributed by atoms with van der Waals surface area (Å²) in [6.45, 7) is 3.45. The van der Waals surface area contributed by atoms with Crippen molar-refractivity contribution in [3.63, 3.8) is 0 Å². The van der Waals surface area contributed by atoms with E-state index in [2.05, 4.69) is 24.3 Å². The third kappa shape index (κ3) is 6.40. The molecule has 0 radical (unpaired) electrons. The SMILES string of the molecule is CC(=O)OCc1ccc([I+]c2ccc(COC(C)=O)cc2)cc1. The molecule has 2 aromatic rings. The van der Waals surface area contributed by atoms with E-state index in [-0.39, 0.29) is 33.1 Å². The Morgan fingerprint density at radius 2 is 1.09 bits per heavy atom. The van der Waals surface area contributed by atoms with Crippen LogP contribution in [0.3, 0.4) is 0 Å². The number of carbonyl (C=O) groups is 2. The molecule has 0 atom stereocenters. The Balaban J connectivity index is 1.91. The van der Waals surface area contributed by atoms with Gasteiger partial charge in [-0.1, -0.05) is 24.3 Å². The number of carbonyl (C=O) groups excluding carboxylic acids is 2. The molecule has 4 nitrogen and oxygen atoms in total. The van der Waals surface area contributed by atoms with Crippen LogP contribution in [0.5, 0.6) is 0 Å². The molecule has 0 unspecified atom stereocenters. The molecule has 0 amide bonds. The fourth-order valence-corrected chi connectivity index (χ4v) is 3.94. The molecule has 0 aliphatic carbocycles. The molecule has 0 spiro atoms. The van der Waals surface area contributed by atoms with Crippen LogP contribution in [0.2, 0.25) is 0 Å². The molecule has 0 aliphatic heterocycles. The van der Waals surface area contributed by atoms with Gasteiger partial charge in [-0.05, 0) is 35.4 Å². The first-order valence-electron chi connectivity index (χ1n) is 7.12. The summed E-state index contributed by atoms with van der Waals surface area (Å²) < 4.78 is 12.5. The maximum atomic E-state index is 10.8. The quantitative estimate of drug-likeness (QED) is 0.481. The molecule has 0 N–H and O–H groups in total. The molecule has 0 saturated heterocycles. The molecule has 0 saturated carbocycles. The van der Waals surface area contributed by atoms with Crippen molar-refractivity contribution in [3.8, 4) is 0 Å². The van der Waals surface area contributed by atoms with Gasteiger partial charge in [0.2, 0.25) is 0 Å². The lowest BCUT2D eigenvalue weighted by Crippen LogP contribution is -3.61. The van der Waals surface area contributed by atoms with Crippen molar-refractivity contribution in [2.75, 3.05) is 0 Å². The van der Waals surface area contributed by atoms with Gasteiger partial charge in [0, 0.05) is 13.8 Å². The Bertz CT molecular complexity index is 603. The van der Waals surface area contributed by atoms with Gasteiger partial charge in [0.15, 0.2) is 7.14 Å². The van der Waals surface area contributed by atoms with Crippen LogP contribution < -0.4 is 21.2 Å². The summed E-state index contributed by atoms with van der Waals surface area (Å²) in [5.41, 5.74) is 1.98. The smallest absolute Gasteiger partial charge is 0.357 e. The number of halogens is 1. The lowest BCUT2D eigenvalue weighted by molar-refractivity contribution is -0.597. The van der Waals surface area contributed by atoms with E-state index in [0.717, 1.165) is 11.1 Å². The van der Waals surface area contributed by atoms with Crippen molar-refractivity contribution in [1.82, 2.24) is 0 Å². The fraction of sp³-hybridized carbons (Fsp3) is 0.222. The Labute approximate surface area is 146 Å². The molecule has 23 heavy (non-hydrogen) atoms. The van der Waals surface area contributed by atoms with E-state index >= 15 is 0 Å². The van der Waals surface area contributed by atoms with E-state index in [1.165, 1.54) is 21.0 Å². The van der Waals surface area contributed by atoms with Crippen LogP contribution in [-0.4, -0.2) is 11.9 Å². The van der Waals surface area contributed by atoms with E-state index < -0.39 is 0 Å². The standard InChI is InChI=1S/C18H18IO4/c1-13(20)22-11-15-3-7-17(8-4-15)19-18-9-5-16(6-10-18)12-23-14(2)21/h3-10H,11-12H2,1-2H3/q+1. The highest BCUT2D eigenvalue weighted by atomic mass is 127. The van der Waals surface area contributed by atoms with Crippen LogP contribution in [0.1, 0.15) is 25.0 Å². The minimum absolute atomic E-state index is 0.258. The summed E-state index contributed by atoms with van der Waals surface area (Å²) in [7, 11) is 0. The number of hydrogen-bond acceptors (Lipinski definition) is 4. The summed E-state index contributed by atoms with van der Waals surface area (Å²) in [4.78, 5) is 21.6. The molecule has 5 heteroatoms. The van der Waals surface area contributed by atoms with Crippen LogP contribution in [-0.2, 0) is 32.3 Å². The van der Waals surface area contributed by atoms with Crippen molar-refractivity contribution >= 4 is 11.9 Å². The monoisotopic (exact) mass is 425 g/mol. The predicted octanol–water partition coefficient (Wildman–Crippen LogP) is -0.0588. The molecule has 0 bridgehead atoms. The second-order valence-electron chi connectivity index (χ2n) is 4.91. The van der Waals surface area contributed by atoms with Crippen LogP contribution in [0.15, 0.2) is 48.5 Å². The third-order valence-electron chi connectivity index (χ3n) is 2.93. The molecular weight excluding hydrogens is 407 g/mol. The fourth-order valence-electron chi connectivity index (χ4n) is 1.78. The van der Waals surface area contributed by atoms with Crippen molar-refractivity contribution in [2.24, 2.45) is 0 Å². The number of hydrogen-bond donors (Lipinski definition) is 0. The topological polar surface area (TPSA) is 52.6 Å². The van der Waals surface area contributed by atoms with Gasteiger partial charge in [0.25, 0.3) is 0 Å². The molecule has 2 aromatic carbocycles. The first-order chi connectivity index (χ1) is 11.0. The normalized spacial score (nSPS) is 10.2. The molecule has 0 fully saturated rings. The summed E-state index contributed by atoms with van der Waals surface area (Å²) >= 11 is -0.258. The molecule has 0 aliphatic rings. The average molecular weight is 425 g/mol. The minimum atomic E-state index is -0.268. The maximum absolute atomic E-state index is 10.8. The summed E-state index contributed by atoms with van der Waals surface area (Å²) in [5, 5.41) is 0. The van der Waals surface area contributed by atoms with Gasteiger partial charge in [-0.3, -0.25) is 9.59 Å². The van der Waals surface area contributed by atoms with Crippen molar-refractivity contribution in [3.05, 3.63) is 66.8 Å². The molecule has 120 valence electrons. The van der Waals surface area contributed by atoms with Gasteiger partial charge in [-0.2, -0.15) is 0 Å². The second-order valence-corrected chi connectivity index (χ2v) is 7.94. The Kier molecular flexibility index (Phi) is 6.58. The minimum Gasteiger partial charge on any atom is -0.461 e. The van der Waals surface area contributed by atoms with E-state index in [9.17, 15) is 9.59 Å². The van der Waals surface area contributed by atoms with Gasteiger partial charge in [-0.15, -0.1) is 0 Å². The summed E-state index contributed by atoms with van der Waals surface area (Å²) in [6, 6.07) is 16.3. The Morgan fingerprint density at radius 3 is 1.39 bits per heavy atom. The second kappa shape index (κ2) is 8.67. The Hall–Kier alpha value is -1.89. The first-order valence-corrected chi connectivity index (χ1v) is 9.28. The third-order valence-corrected chi connectivity index (χ3v) is 5.61. The summed E-state index contributed by atoms with van der Waals surface area (Å²) in [5.74, 6) is -0.536. The number of ether oxygens (including phenoxy) is 2. The average Bonchev–Trinajstić information content (AvgIpc) is 2.53. The zero-order valence-corrected chi connectivity index (χ0v) is 15.2. The van der Waals surface area contributed by atoms with Crippen LogP contribution in [0.25, 0.3) is 0 Å². The summed E-state index contributed by atoms with van der Waals surface area (Å²) in [6.07, 6.45) is 0. The van der Waals surface area contributed by atoms with Gasteiger partial charge in [0.1, 0.15) is 13.2 Å². The lowest BCUT2D eigenvalue weighted by Gasteiger charge is -2.01.